The number of anilines is 2. The summed E-state index contributed by atoms with van der Waals surface area (Å²) in [6.45, 7) is 2.82. The fraction of sp³-hybridized carbons (Fsp3) is 0.207. The molecule has 0 atom stereocenters. The van der Waals surface area contributed by atoms with Crippen LogP contribution in [0.15, 0.2) is 79.0 Å². The molecule has 5 heteroatoms. The molecule has 2 N–H and O–H groups in total. The van der Waals surface area contributed by atoms with E-state index in [-0.39, 0.29) is 0 Å². The largest absolute Gasteiger partial charge is 0.497 e. The van der Waals surface area contributed by atoms with Crippen molar-refractivity contribution in [3.05, 3.63) is 84.6 Å². The number of rotatable bonds is 6. The van der Waals surface area contributed by atoms with Gasteiger partial charge in [0, 0.05) is 58.9 Å². The van der Waals surface area contributed by atoms with Crippen molar-refractivity contribution in [2.24, 2.45) is 0 Å². The van der Waals surface area contributed by atoms with Crippen molar-refractivity contribution in [3.63, 3.8) is 0 Å². The molecule has 0 radical (unpaired) electrons. The van der Waals surface area contributed by atoms with Crippen LogP contribution in [0.4, 0.5) is 11.5 Å². The van der Waals surface area contributed by atoms with E-state index in [1.165, 1.54) is 34.7 Å². The van der Waals surface area contributed by atoms with Crippen LogP contribution in [-0.2, 0) is 6.54 Å². The average molecular weight is 449 g/mol. The van der Waals surface area contributed by atoms with Crippen LogP contribution in [0.2, 0.25) is 0 Å². The van der Waals surface area contributed by atoms with Gasteiger partial charge in [0.25, 0.3) is 0 Å². The minimum absolute atomic E-state index is 0.725. The number of hydrogen-bond donors (Lipinski definition) is 2. The van der Waals surface area contributed by atoms with Crippen LogP contribution < -0.4 is 15.0 Å². The number of H-pyrrole nitrogens is 1. The number of para-hydroxylation sites is 2. The Balaban J connectivity index is 1.48. The van der Waals surface area contributed by atoms with Gasteiger partial charge in [0.1, 0.15) is 11.6 Å². The molecule has 3 heterocycles. The highest BCUT2D eigenvalue weighted by Gasteiger charge is 2.22. The van der Waals surface area contributed by atoms with Gasteiger partial charge in [-0.15, -0.1) is 0 Å². The smallest absolute Gasteiger partial charge is 0.138 e. The molecule has 3 aromatic carbocycles. The van der Waals surface area contributed by atoms with Crippen LogP contribution in [0.1, 0.15) is 18.4 Å². The molecule has 34 heavy (non-hydrogen) atoms. The lowest BCUT2D eigenvalue weighted by atomic mass is 10.00. The van der Waals surface area contributed by atoms with Crippen LogP contribution >= 0.6 is 0 Å². The third-order valence-electron chi connectivity index (χ3n) is 6.79. The number of aromatic nitrogens is 2. The number of fused-ring (bicyclic) bond motifs is 3. The normalized spacial score (nSPS) is 13.6. The van der Waals surface area contributed by atoms with Crippen molar-refractivity contribution in [1.29, 1.82) is 0 Å². The van der Waals surface area contributed by atoms with E-state index in [1.807, 2.05) is 18.3 Å². The number of nitrogens with zero attached hydrogens (tertiary/aromatic N) is 2. The van der Waals surface area contributed by atoms with Crippen molar-refractivity contribution < 1.29 is 4.74 Å². The van der Waals surface area contributed by atoms with Crippen molar-refractivity contribution in [2.45, 2.75) is 19.4 Å². The maximum absolute atomic E-state index is 5.31. The monoisotopic (exact) mass is 448 g/mol. The van der Waals surface area contributed by atoms with Crippen LogP contribution in [0.25, 0.3) is 32.9 Å². The first-order chi connectivity index (χ1) is 16.8. The predicted molar refractivity (Wildman–Crippen MR) is 141 cm³/mol. The van der Waals surface area contributed by atoms with E-state index < -0.39 is 0 Å². The van der Waals surface area contributed by atoms with Gasteiger partial charge in [-0.05, 0) is 42.7 Å². The molecule has 1 fully saturated rings. The van der Waals surface area contributed by atoms with E-state index in [2.05, 4.69) is 75.9 Å². The van der Waals surface area contributed by atoms with Crippen LogP contribution in [0, 0.1) is 0 Å². The maximum atomic E-state index is 5.31. The molecule has 2 aromatic heterocycles. The Morgan fingerprint density at radius 1 is 0.912 bits per heavy atom. The first kappa shape index (κ1) is 20.6. The van der Waals surface area contributed by atoms with Crippen molar-refractivity contribution in [3.8, 4) is 16.9 Å². The number of pyridine rings is 1. The SMILES string of the molecule is COc1ccc(CNc2ccnc(N3CCCC3)c2-c2cccc3c2[nH]c2ccccc23)cc1. The molecule has 0 amide bonds. The summed E-state index contributed by atoms with van der Waals surface area (Å²) in [6.07, 6.45) is 4.35. The quantitative estimate of drug-likeness (QED) is 0.307. The van der Waals surface area contributed by atoms with Crippen LogP contribution in [-0.4, -0.2) is 30.2 Å². The Morgan fingerprint density at radius 3 is 2.53 bits per heavy atom. The molecule has 1 aliphatic heterocycles. The van der Waals surface area contributed by atoms with Gasteiger partial charge in [-0.25, -0.2) is 4.98 Å². The molecule has 6 rings (SSSR count). The van der Waals surface area contributed by atoms with E-state index in [0.717, 1.165) is 53.5 Å². The van der Waals surface area contributed by atoms with Crippen LogP contribution in [0.3, 0.4) is 0 Å². The Bertz CT molecular complexity index is 1450. The third-order valence-corrected chi connectivity index (χ3v) is 6.79. The molecular weight excluding hydrogens is 420 g/mol. The third kappa shape index (κ3) is 3.63. The van der Waals surface area contributed by atoms with Gasteiger partial charge in [0.15, 0.2) is 0 Å². The van der Waals surface area contributed by atoms with Gasteiger partial charge in [0.05, 0.1) is 12.6 Å². The fourth-order valence-electron chi connectivity index (χ4n) is 5.05. The first-order valence-corrected chi connectivity index (χ1v) is 11.9. The Morgan fingerprint density at radius 2 is 1.71 bits per heavy atom. The zero-order valence-corrected chi connectivity index (χ0v) is 19.3. The van der Waals surface area contributed by atoms with Gasteiger partial charge < -0.3 is 19.9 Å². The first-order valence-electron chi connectivity index (χ1n) is 11.9. The summed E-state index contributed by atoms with van der Waals surface area (Å²) < 4.78 is 5.31. The molecule has 5 nitrogen and oxygen atoms in total. The van der Waals surface area contributed by atoms with Crippen LogP contribution in [0.5, 0.6) is 5.75 Å². The van der Waals surface area contributed by atoms with E-state index in [9.17, 15) is 0 Å². The summed E-state index contributed by atoms with van der Waals surface area (Å²) in [7, 11) is 1.70. The van der Waals surface area contributed by atoms with Gasteiger partial charge in [-0.3, -0.25) is 0 Å². The zero-order valence-electron chi connectivity index (χ0n) is 19.3. The van der Waals surface area contributed by atoms with Crippen molar-refractivity contribution in [1.82, 2.24) is 9.97 Å². The van der Waals surface area contributed by atoms with Gasteiger partial charge in [0.2, 0.25) is 0 Å². The second-order valence-electron chi connectivity index (χ2n) is 8.85. The van der Waals surface area contributed by atoms with E-state index in [0.29, 0.717) is 0 Å². The summed E-state index contributed by atoms with van der Waals surface area (Å²) in [5, 5.41) is 6.20. The van der Waals surface area contributed by atoms with Gasteiger partial charge >= 0.3 is 0 Å². The Hall–Kier alpha value is -3.99. The van der Waals surface area contributed by atoms with Crippen molar-refractivity contribution >= 4 is 33.3 Å². The molecule has 1 aliphatic rings. The Labute approximate surface area is 199 Å². The summed E-state index contributed by atoms with van der Waals surface area (Å²) in [6, 6.07) is 25.4. The van der Waals surface area contributed by atoms with E-state index in [4.69, 9.17) is 9.72 Å². The summed E-state index contributed by atoms with van der Waals surface area (Å²) in [5.41, 5.74) is 6.96. The lowest BCUT2D eigenvalue weighted by Gasteiger charge is -2.23. The number of ether oxygens (including phenoxy) is 1. The highest BCUT2D eigenvalue weighted by atomic mass is 16.5. The van der Waals surface area contributed by atoms with E-state index >= 15 is 0 Å². The highest BCUT2D eigenvalue weighted by Crippen LogP contribution is 2.41. The minimum Gasteiger partial charge on any atom is -0.497 e. The zero-order chi connectivity index (χ0) is 22.9. The highest BCUT2D eigenvalue weighted by molar-refractivity contribution is 6.13. The molecule has 0 unspecified atom stereocenters. The predicted octanol–water partition coefficient (Wildman–Crippen LogP) is 6.60. The molecule has 0 bridgehead atoms. The summed E-state index contributed by atoms with van der Waals surface area (Å²) in [5.74, 6) is 1.93. The van der Waals surface area contributed by atoms with Crippen molar-refractivity contribution in [2.75, 3.05) is 30.4 Å². The lowest BCUT2D eigenvalue weighted by Crippen LogP contribution is -2.20. The number of benzene rings is 3. The summed E-state index contributed by atoms with van der Waals surface area (Å²) >= 11 is 0. The molecular formula is C29H28N4O. The number of aromatic amines is 1. The lowest BCUT2D eigenvalue weighted by molar-refractivity contribution is 0.414. The second kappa shape index (κ2) is 8.75. The standard InChI is InChI=1S/C29H28N4O/c1-34-21-13-11-20(12-14-21)19-31-26-15-16-30-29(33-17-4-5-18-33)27(26)24-9-6-8-23-22-7-2-3-10-25(22)32-28(23)24/h2-3,6-16,32H,4-5,17-19H2,1H3,(H,30,31). The minimum atomic E-state index is 0.725. The molecule has 1 saturated heterocycles. The molecule has 0 saturated carbocycles. The maximum Gasteiger partial charge on any atom is 0.138 e. The van der Waals surface area contributed by atoms with E-state index in [1.54, 1.807) is 7.11 Å². The topological polar surface area (TPSA) is 53.2 Å². The molecule has 0 aliphatic carbocycles. The molecule has 170 valence electrons. The molecule has 5 aromatic rings. The number of nitrogens with one attached hydrogen (secondary N) is 2. The van der Waals surface area contributed by atoms with Gasteiger partial charge in [-0.1, -0.05) is 48.5 Å². The van der Waals surface area contributed by atoms with Gasteiger partial charge in [-0.2, -0.15) is 0 Å². The second-order valence-corrected chi connectivity index (χ2v) is 8.85. The number of hydrogen-bond acceptors (Lipinski definition) is 4. The Kier molecular flexibility index (Phi) is 5.30. The fourth-order valence-corrected chi connectivity index (χ4v) is 5.05. The summed E-state index contributed by atoms with van der Waals surface area (Å²) in [4.78, 5) is 11.0. The number of methoxy groups -OCH3 is 1. The average Bonchev–Trinajstić information content (AvgIpc) is 3.56. The molecule has 0 spiro atoms.